The van der Waals surface area contributed by atoms with Crippen molar-refractivity contribution in [1.29, 1.82) is 0 Å². The zero-order chi connectivity index (χ0) is 17.4. The molecule has 1 N–H and O–H groups in total. The van der Waals surface area contributed by atoms with Gasteiger partial charge in [-0.3, -0.25) is 10.1 Å². The number of phenols is 1. The summed E-state index contributed by atoms with van der Waals surface area (Å²) in [4.78, 5) is 10.2. The Morgan fingerprint density at radius 3 is 2.61 bits per heavy atom. The molecule has 2 rings (SSSR count). The molecule has 0 aliphatic carbocycles. The van der Waals surface area contributed by atoms with Crippen LogP contribution in [-0.2, 0) is 6.42 Å². The summed E-state index contributed by atoms with van der Waals surface area (Å²) in [6, 6.07) is 0. The molecular weight excluding hydrogens is 294 g/mol. The van der Waals surface area contributed by atoms with Crippen LogP contribution in [0.3, 0.4) is 0 Å². The van der Waals surface area contributed by atoms with Crippen LogP contribution in [0.4, 0.5) is 0 Å². The first-order valence-electron chi connectivity index (χ1n) is 7.99. The van der Waals surface area contributed by atoms with Crippen molar-refractivity contribution in [3.05, 3.63) is 44.6 Å². The summed E-state index contributed by atoms with van der Waals surface area (Å²) in [6.07, 6.45) is 3.50. The summed E-state index contributed by atoms with van der Waals surface area (Å²) in [5.41, 5.74) is 3.53. The van der Waals surface area contributed by atoms with Crippen LogP contribution < -0.4 is 4.74 Å². The highest BCUT2D eigenvalue weighted by Gasteiger charge is 2.34. The number of benzene rings is 1. The molecule has 0 saturated heterocycles. The van der Waals surface area contributed by atoms with Gasteiger partial charge in [-0.1, -0.05) is 0 Å². The predicted molar refractivity (Wildman–Crippen MR) is 89.7 cm³/mol. The van der Waals surface area contributed by atoms with Crippen LogP contribution in [0.2, 0.25) is 0 Å². The zero-order valence-electron chi connectivity index (χ0n) is 14.4. The van der Waals surface area contributed by atoms with Gasteiger partial charge in [0.2, 0.25) is 5.70 Å². The van der Waals surface area contributed by atoms with Crippen molar-refractivity contribution in [2.45, 2.75) is 65.4 Å². The number of ether oxygens (including phenoxy) is 1. The zero-order valence-corrected chi connectivity index (χ0v) is 14.4. The maximum Gasteiger partial charge on any atom is 0.239 e. The number of nitrogens with zero attached hydrogens (tertiary/aromatic N) is 1. The molecule has 5 nitrogen and oxygen atoms in total. The number of rotatable bonds is 5. The third-order valence-electron chi connectivity index (χ3n) is 5.02. The van der Waals surface area contributed by atoms with E-state index in [1.807, 2.05) is 20.8 Å². The number of fused-ring (bicyclic) bond motifs is 1. The third-order valence-corrected chi connectivity index (χ3v) is 5.02. The Morgan fingerprint density at radius 2 is 2.00 bits per heavy atom. The van der Waals surface area contributed by atoms with E-state index in [2.05, 4.69) is 13.5 Å². The maximum atomic E-state index is 10.6. The second-order valence-electron chi connectivity index (χ2n) is 6.76. The van der Waals surface area contributed by atoms with Gasteiger partial charge in [0.25, 0.3) is 0 Å². The van der Waals surface area contributed by atoms with Crippen molar-refractivity contribution in [2.75, 3.05) is 0 Å². The van der Waals surface area contributed by atoms with Gasteiger partial charge in [0.15, 0.2) is 0 Å². The molecule has 0 aromatic heterocycles. The van der Waals surface area contributed by atoms with Crippen LogP contribution in [0, 0.1) is 30.9 Å². The summed E-state index contributed by atoms with van der Waals surface area (Å²) < 4.78 is 6.30. The maximum absolute atomic E-state index is 10.6. The molecule has 1 atom stereocenters. The molecular formula is C18H25NO4. The Hall–Kier alpha value is -2.04. The SMILES string of the molecule is C=C(CCCC1(C)CCc2c(C)c(O)c(C)c(C)c2O1)[N+](=O)[O-]. The van der Waals surface area contributed by atoms with Crippen molar-refractivity contribution >= 4 is 0 Å². The highest BCUT2D eigenvalue weighted by molar-refractivity contribution is 5.58. The molecule has 0 fully saturated rings. The van der Waals surface area contributed by atoms with Gasteiger partial charge in [0.1, 0.15) is 17.1 Å². The minimum atomic E-state index is -0.418. The van der Waals surface area contributed by atoms with Crippen LogP contribution in [0.1, 0.15) is 54.9 Å². The average molecular weight is 319 g/mol. The topological polar surface area (TPSA) is 72.6 Å². The first kappa shape index (κ1) is 17.3. The van der Waals surface area contributed by atoms with Gasteiger partial charge in [-0.2, -0.15) is 0 Å². The molecule has 23 heavy (non-hydrogen) atoms. The lowest BCUT2D eigenvalue weighted by Gasteiger charge is -2.38. The average Bonchev–Trinajstić information content (AvgIpc) is 2.50. The molecule has 0 bridgehead atoms. The molecule has 5 heteroatoms. The van der Waals surface area contributed by atoms with E-state index in [9.17, 15) is 15.2 Å². The van der Waals surface area contributed by atoms with E-state index in [1.54, 1.807) is 0 Å². The van der Waals surface area contributed by atoms with E-state index in [-0.39, 0.29) is 11.3 Å². The van der Waals surface area contributed by atoms with Crippen LogP contribution in [0.25, 0.3) is 0 Å². The fourth-order valence-corrected chi connectivity index (χ4v) is 3.23. The smallest absolute Gasteiger partial charge is 0.239 e. The van der Waals surface area contributed by atoms with E-state index >= 15 is 0 Å². The summed E-state index contributed by atoms with van der Waals surface area (Å²) in [7, 11) is 0. The molecule has 1 unspecified atom stereocenters. The van der Waals surface area contributed by atoms with Gasteiger partial charge < -0.3 is 9.84 Å². The van der Waals surface area contributed by atoms with Crippen molar-refractivity contribution in [3.8, 4) is 11.5 Å². The van der Waals surface area contributed by atoms with Crippen molar-refractivity contribution in [2.24, 2.45) is 0 Å². The van der Waals surface area contributed by atoms with Crippen molar-refractivity contribution in [3.63, 3.8) is 0 Å². The van der Waals surface area contributed by atoms with Crippen LogP contribution in [-0.4, -0.2) is 15.6 Å². The highest BCUT2D eigenvalue weighted by atomic mass is 16.6. The summed E-state index contributed by atoms with van der Waals surface area (Å²) in [6.45, 7) is 11.3. The Bertz CT molecular complexity index is 666. The number of hydrogen-bond donors (Lipinski definition) is 1. The number of allylic oxidation sites excluding steroid dienone is 1. The fourth-order valence-electron chi connectivity index (χ4n) is 3.23. The van der Waals surface area contributed by atoms with E-state index in [0.29, 0.717) is 18.6 Å². The molecule has 0 amide bonds. The number of aromatic hydroxyl groups is 1. The quantitative estimate of drug-likeness (QED) is 0.646. The van der Waals surface area contributed by atoms with E-state index < -0.39 is 4.92 Å². The normalized spacial score (nSPS) is 19.8. The second kappa shape index (κ2) is 6.22. The largest absolute Gasteiger partial charge is 0.507 e. The van der Waals surface area contributed by atoms with Crippen LogP contribution in [0.5, 0.6) is 11.5 Å². The van der Waals surface area contributed by atoms with E-state index in [1.165, 1.54) is 0 Å². The molecule has 1 aliphatic rings. The lowest BCUT2D eigenvalue weighted by molar-refractivity contribution is -0.427. The van der Waals surface area contributed by atoms with E-state index in [0.717, 1.165) is 47.3 Å². The van der Waals surface area contributed by atoms with Crippen LogP contribution in [0.15, 0.2) is 12.3 Å². The van der Waals surface area contributed by atoms with Crippen LogP contribution >= 0.6 is 0 Å². The number of nitro groups is 1. The van der Waals surface area contributed by atoms with Crippen molar-refractivity contribution < 1.29 is 14.8 Å². The molecule has 1 aromatic rings. The minimum Gasteiger partial charge on any atom is -0.507 e. The first-order valence-corrected chi connectivity index (χ1v) is 7.99. The Morgan fingerprint density at radius 1 is 1.35 bits per heavy atom. The van der Waals surface area contributed by atoms with Gasteiger partial charge in [0.05, 0.1) is 4.92 Å². The second-order valence-corrected chi connectivity index (χ2v) is 6.76. The van der Waals surface area contributed by atoms with Gasteiger partial charge >= 0.3 is 0 Å². The summed E-state index contributed by atoms with van der Waals surface area (Å²) >= 11 is 0. The molecule has 1 aliphatic heterocycles. The first-order chi connectivity index (χ1) is 10.7. The number of phenolic OH excluding ortho intramolecular Hbond substituents is 1. The Kier molecular flexibility index (Phi) is 4.68. The molecule has 0 saturated carbocycles. The van der Waals surface area contributed by atoms with E-state index in [4.69, 9.17) is 4.74 Å². The van der Waals surface area contributed by atoms with Gasteiger partial charge in [-0.25, -0.2) is 0 Å². The molecule has 0 radical (unpaired) electrons. The van der Waals surface area contributed by atoms with Crippen molar-refractivity contribution in [1.82, 2.24) is 0 Å². The molecule has 0 spiro atoms. The van der Waals surface area contributed by atoms with Gasteiger partial charge in [-0.15, -0.1) is 0 Å². The predicted octanol–water partition coefficient (Wildman–Crippen LogP) is 4.36. The Labute approximate surface area is 137 Å². The summed E-state index contributed by atoms with van der Waals surface area (Å²) in [5.74, 6) is 1.23. The minimum absolute atomic E-state index is 0.0533. The number of hydrogen-bond acceptors (Lipinski definition) is 4. The molecule has 126 valence electrons. The monoisotopic (exact) mass is 319 g/mol. The Balaban J connectivity index is 2.16. The lowest BCUT2D eigenvalue weighted by Crippen LogP contribution is -2.37. The lowest BCUT2D eigenvalue weighted by atomic mass is 9.84. The van der Waals surface area contributed by atoms with Gasteiger partial charge in [0, 0.05) is 12.0 Å². The van der Waals surface area contributed by atoms with Gasteiger partial charge in [-0.05, 0) is 76.6 Å². The third kappa shape index (κ3) is 3.33. The highest BCUT2D eigenvalue weighted by Crippen LogP contribution is 2.44. The fraction of sp³-hybridized carbons (Fsp3) is 0.556. The molecule has 1 aromatic carbocycles. The standard InChI is InChI=1S/C18H25NO4/c1-11(19(21)22)7-6-9-18(5)10-8-15-14(4)16(20)12(2)13(3)17(15)23-18/h20H,1,6-10H2,2-5H3. The molecule has 1 heterocycles. The summed E-state index contributed by atoms with van der Waals surface area (Å²) in [5, 5.41) is 20.8.